The van der Waals surface area contributed by atoms with Crippen molar-refractivity contribution < 1.29 is 18.7 Å². The number of methoxy groups -OCH3 is 1. The lowest BCUT2D eigenvalue weighted by atomic mass is 9.95. The number of carbonyl (C=O) groups is 1. The number of rotatable bonds is 6. The fraction of sp³-hybridized carbons (Fsp3) is 0.480. The number of aromatic nitrogens is 3. The number of nitrogen functional groups attached to an aromatic ring is 1. The van der Waals surface area contributed by atoms with Crippen molar-refractivity contribution in [2.75, 3.05) is 25.9 Å². The number of benzene rings is 1. The van der Waals surface area contributed by atoms with Crippen LogP contribution >= 0.6 is 11.6 Å². The molecule has 1 aromatic carbocycles. The molecule has 0 spiro atoms. The third-order valence-corrected chi connectivity index (χ3v) is 6.68. The molecule has 2 N–H and O–H groups in total. The molecule has 0 saturated carbocycles. The Bertz CT molecular complexity index is 1260. The van der Waals surface area contributed by atoms with Gasteiger partial charge >= 0.3 is 0 Å². The molecule has 1 saturated heterocycles. The zero-order valence-electron chi connectivity index (χ0n) is 20.6. The Hall–Kier alpha value is -2.91. The van der Waals surface area contributed by atoms with Gasteiger partial charge in [0, 0.05) is 44.1 Å². The molecular weight excluding hydrogens is 473 g/mol. The Balaban J connectivity index is 1.88. The molecule has 1 aliphatic rings. The van der Waals surface area contributed by atoms with E-state index in [0.29, 0.717) is 41.5 Å². The van der Waals surface area contributed by atoms with Crippen LogP contribution in [-0.4, -0.2) is 57.6 Å². The van der Waals surface area contributed by atoms with E-state index in [4.69, 9.17) is 31.8 Å². The quantitative estimate of drug-likeness (QED) is 0.528. The molecule has 10 heteroatoms. The summed E-state index contributed by atoms with van der Waals surface area (Å²) in [7, 11) is 1.62. The average molecular weight is 504 g/mol. The van der Waals surface area contributed by atoms with Gasteiger partial charge in [0.2, 0.25) is 0 Å². The first-order chi connectivity index (χ1) is 16.6. The van der Waals surface area contributed by atoms with Crippen LogP contribution in [0.1, 0.15) is 67.0 Å². The molecule has 8 nitrogen and oxygen atoms in total. The topological polar surface area (TPSA) is 95.0 Å². The molecule has 3 aromatic rings. The van der Waals surface area contributed by atoms with Crippen LogP contribution in [0.3, 0.4) is 0 Å². The number of halogens is 2. The van der Waals surface area contributed by atoms with Gasteiger partial charge in [-0.1, -0.05) is 18.5 Å². The molecule has 3 heterocycles. The molecule has 4 rings (SSSR count). The summed E-state index contributed by atoms with van der Waals surface area (Å²) in [6.45, 7) is 8.32. The Morgan fingerprint density at radius 1 is 1.34 bits per heavy atom. The van der Waals surface area contributed by atoms with E-state index in [9.17, 15) is 4.79 Å². The van der Waals surface area contributed by atoms with Gasteiger partial charge in [-0.2, -0.15) is 0 Å². The lowest BCUT2D eigenvalue weighted by Crippen LogP contribution is -2.43. The van der Waals surface area contributed by atoms with Gasteiger partial charge in [-0.25, -0.2) is 14.4 Å². The number of likely N-dealkylation sites (tertiary alicyclic amines) is 1. The summed E-state index contributed by atoms with van der Waals surface area (Å²) in [5, 5.41) is -0.148. The minimum Gasteiger partial charge on any atom is -0.490 e. The number of nitrogens with zero attached hydrogens (tertiary/aromatic N) is 4. The van der Waals surface area contributed by atoms with Crippen LogP contribution in [0.4, 0.5) is 10.2 Å². The number of piperidine rings is 1. The highest BCUT2D eigenvalue weighted by Gasteiger charge is 2.33. The average Bonchev–Trinajstić information content (AvgIpc) is 3.18. The maximum atomic E-state index is 15.5. The van der Waals surface area contributed by atoms with Crippen LogP contribution < -0.4 is 10.5 Å². The first-order valence-electron chi connectivity index (χ1n) is 11.7. The summed E-state index contributed by atoms with van der Waals surface area (Å²) in [6, 6.07) is 1.52. The number of carbonyl (C=O) groups excluding carboxylic acids is 1. The van der Waals surface area contributed by atoms with Gasteiger partial charge in [-0.3, -0.25) is 9.20 Å². The van der Waals surface area contributed by atoms with E-state index in [2.05, 4.69) is 4.98 Å². The van der Waals surface area contributed by atoms with Crippen LogP contribution in [0.15, 0.2) is 18.5 Å². The second-order valence-corrected chi connectivity index (χ2v) is 9.60. The molecule has 2 atom stereocenters. The highest BCUT2D eigenvalue weighted by atomic mass is 35.5. The molecule has 1 aliphatic heterocycles. The normalized spacial score (nSPS) is 17.3. The first-order valence-corrected chi connectivity index (χ1v) is 12.1. The Morgan fingerprint density at radius 2 is 2.09 bits per heavy atom. The van der Waals surface area contributed by atoms with Crippen LogP contribution in [0, 0.1) is 12.7 Å². The Kier molecular flexibility index (Phi) is 7.19. The molecule has 1 amide bonds. The number of amides is 1. The zero-order valence-corrected chi connectivity index (χ0v) is 21.4. The molecule has 2 aromatic heterocycles. The van der Waals surface area contributed by atoms with Crippen molar-refractivity contribution in [2.45, 2.75) is 58.7 Å². The van der Waals surface area contributed by atoms with Crippen LogP contribution in [0.5, 0.6) is 5.75 Å². The molecule has 0 bridgehead atoms. The van der Waals surface area contributed by atoms with E-state index in [1.807, 2.05) is 32.1 Å². The van der Waals surface area contributed by atoms with E-state index in [1.165, 1.54) is 6.07 Å². The standard InChI is InChI=1S/C25H31ClFN5O3/c1-13(2)35-22-17(14(3)24-30-15(4)21-23(28)29-8-10-32(21)24)11-18(26)20(27)19(22)25(33)31-9-6-7-16(12-31)34-5/h8,10-11,13-14,16H,6-7,9,12H2,1-5H3,(H2,28,29)/t14-,16?/m0/s1. The number of ether oxygens (including phenoxy) is 2. The SMILES string of the molecule is COC1CCCN(C(=O)c2c(F)c(Cl)cc([C@H](C)c3nc(C)c4c(N)nccn34)c2OC(C)C)C1. The number of fused-ring (bicyclic) bond motifs is 1. The molecular formula is C25H31ClFN5O3. The maximum absolute atomic E-state index is 15.5. The van der Waals surface area contributed by atoms with E-state index in [-0.39, 0.29) is 28.5 Å². The fourth-order valence-corrected chi connectivity index (χ4v) is 4.90. The van der Waals surface area contributed by atoms with Crippen molar-refractivity contribution in [1.29, 1.82) is 0 Å². The number of aryl methyl sites for hydroxylation is 1. The molecule has 1 unspecified atom stereocenters. The van der Waals surface area contributed by atoms with E-state index in [1.54, 1.807) is 24.4 Å². The predicted octanol–water partition coefficient (Wildman–Crippen LogP) is 4.60. The number of hydrogen-bond donors (Lipinski definition) is 1. The number of nitrogens with two attached hydrogens (primary N) is 1. The van der Waals surface area contributed by atoms with Gasteiger partial charge in [-0.15, -0.1) is 0 Å². The lowest BCUT2D eigenvalue weighted by molar-refractivity contribution is 0.0263. The van der Waals surface area contributed by atoms with E-state index >= 15 is 4.39 Å². The number of anilines is 1. The first kappa shape index (κ1) is 25.2. The van der Waals surface area contributed by atoms with Crippen LogP contribution in [-0.2, 0) is 4.74 Å². The van der Waals surface area contributed by atoms with Crippen molar-refractivity contribution in [3.63, 3.8) is 0 Å². The Morgan fingerprint density at radius 3 is 2.77 bits per heavy atom. The molecule has 35 heavy (non-hydrogen) atoms. The third kappa shape index (κ3) is 4.67. The summed E-state index contributed by atoms with van der Waals surface area (Å²) < 4.78 is 28.9. The van der Waals surface area contributed by atoms with Crippen molar-refractivity contribution in [3.8, 4) is 5.75 Å². The largest absolute Gasteiger partial charge is 0.490 e. The van der Waals surface area contributed by atoms with Crippen LogP contribution in [0.2, 0.25) is 5.02 Å². The fourth-order valence-electron chi connectivity index (χ4n) is 4.69. The van der Waals surface area contributed by atoms with E-state index in [0.717, 1.165) is 12.8 Å². The highest BCUT2D eigenvalue weighted by molar-refractivity contribution is 6.31. The number of hydrogen-bond acceptors (Lipinski definition) is 6. The Labute approximate surface area is 209 Å². The summed E-state index contributed by atoms with van der Waals surface area (Å²) in [5.41, 5.74) is 7.91. The molecule has 188 valence electrons. The number of imidazole rings is 1. The van der Waals surface area contributed by atoms with Gasteiger partial charge < -0.3 is 20.1 Å². The van der Waals surface area contributed by atoms with E-state index < -0.39 is 17.6 Å². The van der Waals surface area contributed by atoms with Gasteiger partial charge in [0.05, 0.1) is 22.9 Å². The molecule has 0 aliphatic carbocycles. The monoisotopic (exact) mass is 503 g/mol. The maximum Gasteiger partial charge on any atom is 0.260 e. The van der Waals surface area contributed by atoms with Gasteiger partial charge in [0.25, 0.3) is 5.91 Å². The predicted molar refractivity (Wildman–Crippen MR) is 133 cm³/mol. The summed E-state index contributed by atoms with van der Waals surface area (Å²) >= 11 is 6.36. The smallest absolute Gasteiger partial charge is 0.260 e. The van der Waals surface area contributed by atoms with Crippen LogP contribution in [0.25, 0.3) is 5.52 Å². The second-order valence-electron chi connectivity index (χ2n) is 9.19. The summed E-state index contributed by atoms with van der Waals surface area (Å²) in [4.78, 5) is 24.1. The minimum absolute atomic E-state index is 0.0962. The third-order valence-electron chi connectivity index (χ3n) is 6.41. The van der Waals surface area contributed by atoms with Gasteiger partial charge in [-0.05, 0) is 39.7 Å². The minimum atomic E-state index is -0.791. The summed E-state index contributed by atoms with van der Waals surface area (Å²) in [6.07, 6.45) is 4.59. The lowest BCUT2D eigenvalue weighted by Gasteiger charge is -2.33. The van der Waals surface area contributed by atoms with Crippen molar-refractivity contribution in [1.82, 2.24) is 19.3 Å². The van der Waals surface area contributed by atoms with Gasteiger partial charge in [0.15, 0.2) is 5.82 Å². The van der Waals surface area contributed by atoms with Crippen molar-refractivity contribution in [2.24, 2.45) is 0 Å². The zero-order chi connectivity index (χ0) is 25.4. The summed E-state index contributed by atoms with van der Waals surface area (Å²) in [5.74, 6) is -0.465. The molecule has 0 radical (unpaired) electrons. The highest BCUT2D eigenvalue weighted by Crippen LogP contribution is 2.40. The van der Waals surface area contributed by atoms with Gasteiger partial charge in [0.1, 0.15) is 28.5 Å². The molecule has 1 fully saturated rings. The van der Waals surface area contributed by atoms with Crippen molar-refractivity contribution in [3.05, 3.63) is 51.9 Å². The van der Waals surface area contributed by atoms with Crippen molar-refractivity contribution >= 4 is 28.8 Å². The second kappa shape index (κ2) is 9.99.